The van der Waals surface area contributed by atoms with Gasteiger partial charge in [-0.3, -0.25) is 0 Å². The van der Waals surface area contributed by atoms with Crippen molar-refractivity contribution in [1.82, 2.24) is 4.72 Å². The van der Waals surface area contributed by atoms with Gasteiger partial charge in [-0.05, 0) is 42.3 Å². The molecule has 0 heterocycles. The molecule has 6 heteroatoms. The fourth-order valence-electron chi connectivity index (χ4n) is 2.01. The van der Waals surface area contributed by atoms with Crippen molar-refractivity contribution in [1.29, 1.82) is 0 Å². The van der Waals surface area contributed by atoms with Crippen molar-refractivity contribution in [3.8, 4) is 0 Å². The van der Waals surface area contributed by atoms with Crippen LogP contribution in [-0.4, -0.2) is 29.1 Å². The van der Waals surface area contributed by atoms with E-state index < -0.39 is 10.0 Å². The Morgan fingerprint density at radius 3 is 2.36 bits per heavy atom. The third-order valence-corrected chi connectivity index (χ3v) is 4.96. The monoisotopic (exact) mass is 338 g/mol. The van der Waals surface area contributed by atoms with Gasteiger partial charge in [0.05, 0.1) is 4.90 Å². The summed E-state index contributed by atoms with van der Waals surface area (Å²) in [7, 11) is 0.443. The molecular weight excluding hydrogens is 320 g/mol. The van der Waals surface area contributed by atoms with Crippen LogP contribution in [0.15, 0.2) is 53.4 Å². The molecule has 22 heavy (non-hydrogen) atoms. The van der Waals surface area contributed by atoms with E-state index in [9.17, 15) is 8.42 Å². The number of nitrogens with zero attached hydrogens (tertiary/aromatic N) is 1. The van der Waals surface area contributed by atoms with Gasteiger partial charge in [-0.25, -0.2) is 13.1 Å². The average Bonchev–Trinajstić information content (AvgIpc) is 2.47. The Hall–Kier alpha value is -1.56. The molecule has 0 amide bonds. The number of hydrogen-bond donors (Lipinski definition) is 1. The van der Waals surface area contributed by atoms with Crippen LogP contribution in [0.5, 0.6) is 0 Å². The SMILES string of the molecule is CN(C)c1ccc(CCNS(=O)(=O)c2cccc(Cl)c2)cc1. The number of hydrogen-bond acceptors (Lipinski definition) is 3. The summed E-state index contributed by atoms with van der Waals surface area (Å²) in [6.45, 7) is 0.343. The minimum absolute atomic E-state index is 0.183. The lowest BCUT2D eigenvalue weighted by Crippen LogP contribution is -2.26. The van der Waals surface area contributed by atoms with Crippen LogP contribution in [0.2, 0.25) is 5.02 Å². The third-order valence-electron chi connectivity index (χ3n) is 3.26. The maximum atomic E-state index is 12.1. The largest absolute Gasteiger partial charge is 0.378 e. The number of nitrogens with one attached hydrogen (secondary N) is 1. The fraction of sp³-hybridized carbons (Fsp3) is 0.250. The molecule has 0 aliphatic carbocycles. The lowest BCUT2D eigenvalue weighted by atomic mass is 10.1. The molecule has 0 aliphatic heterocycles. The Morgan fingerprint density at radius 2 is 1.77 bits per heavy atom. The van der Waals surface area contributed by atoms with Crippen molar-refractivity contribution in [3.05, 3.63) is 59.1 Å². The van der Waals surface area contributed by atoms with Gasteiger partial charge in [0, 0.05) is 31.4 Å². The molecule has 2 aromatic carbocycles. The molecule has 0 saturated heterocycles. The van der Waals surface area contributed by atoms with E-state index >= 15 is 0 Å². The predicted octanol–water partition coefficient (Wildman–Crippen LogP) is 2.93. The van der Waals surface area contributed by atoms with Crippen molar-refractivity contribution in [3.63, 3.8) is 0 Å². The summed E-state index contributed by atoms with van der Waals surface area (Å²) in [4.78, 5) is 2.20. The van der Waals surface area contributed by atoms with Crippen LogP contribution < -0.4 is 9.62 Å². The molecule has 0 atom stereocenters. The summed E-state index contributed by atoms with van der Waals surface area (Å²) in [6, 6.07) is 14.3. The molecule has 0 fully saturated rings. The second-order valence-electron chi connectivity index (χ2n) is 5.17. The third kappa shape index (κ3) is 4.47. The first kappa shape index (κ1) is 16.8. The average molecular weight is 339 g/mol. The molecule has 4 nitrogen and oxygen atoms in total. The number of halogens is 1. The molecule has 0 unspecified atom stereocenters. The Bertz CT molecular complexity index is 728. The summed E-state index contributed by atoms with van der Waals surface area (Å²) < 4.78 is 26.9. The number of rotatable bonds is 6. The molecule has 1 N–H and O–H groups in total. The summed E-state index contributed by atoms with van der Waals surface area (Å²) in [5.41, 5.74) is 2.20. The highest BCUT2D eigenvalue weighted by Crippen LogP contribution is 2.15. The van der Waals surface area contributed by atoms with E-state index in [2.05, 4.69) is 4.72 Å². The van der Waals surface area contributed by atoms with Crippen molar-refractivity contribution in [2.24, 2.45) is 0 Å². The first-order chi connectivity index (χ1) is 10.4. The minimum Gasteiger partial charge on any atom is -0.378 e. The van der Waals surface area contributed by atoms with Crippen molar-refractivity contribution < 1.29 is 8.42 Å². The van der Waals surface area contributed by atoms with Crippen molar-refractivity contribution >= 4 is 27.3 Å². The minimum atomic E-state index is -3.52. The topological polar surface area (TPSA) is 49.4 Å². The first-order valence-corrected chi connectivity index (χ1v) is 8.76. The zero-order valence-corrected chi connectivity index (χ0v) is 14.2. The zero-order valence-electron chi connectivity index (χ0n) is 12.6. The standard InChI is InChI=1S/C16H19ClN2O2S/c1-19(2)15-8-6-13(7-9-15)10-11-18-22(20,21)16-5-3-4-14(17)12-16/h3-9,12,18H,10-11H2,1-2H3. The van der Waals surface area contributed by atoms with Gasteiger partial charge >= 0.3 is 0 Å². The van der Waals surface area contributed by atoms with Crippen LogP contribution in [0.3, 0.4) is 0 Å². The summed E-state index contributed by atoms with van der Waals surface area (Å²) in [5, 5.41) is 0.405. The van der Waals surface area contributed by atoms with Crippen LogP contribution in [-0.2, 0) is 16.4 Å². The maximum absolute atomic E-state index is 12.1. The quantitative estimate of drug-likeness (QED) is 0.881. The molecule has 2 aromatic rings. The van der Waals surface area contributed by atoms with Gasteiger partial charge in [0.2, 0.25) is 10.0 Å². The van der Waals surface area contributed by atoms with Crippen LogP contribution in [0.4, 0.5) is 5.69 Å². The van der Waals surface area contributed by atoms with E-state index in [1.165, 1.54) is 12.1 Å². The van der Waals surface area contributed by atoms with E-state index in [-0.39, 0.29) is 4.90 Å². The molecule has 2 rings (SSSR count). The highest BCUT2D eigenvalue weighted by molar-refractivity contribution is 7.89. The van der Waals surface area contributed by atoms with Crippen LogP contribution in [0.25, 0.3) is 0 Å². The van der Waals surface area contributed by atoms with Gasteiger partial charge in [0.1, 0.15) is 0 Å². The van der Waals surface area contributed by atoms with Gasteiger partial charge < -0.3 is 4.90 Å². The highest BCUT2D eigenvalue weighted by Gasteiger charge is 2.13. The van der Waals surface area contributed by atoms with Gasteiger partial charge in [-0.15, -0.1) is 0 Å². The van der Waals surface area contributed by atoms with E-state index in [0.29, 0.717) is 18.0 Å². The lowest BCUT2D eigenvalue weighted by Gasteiger charge is -2.12. The summed E-state index contributed by atoms with van der Waals surface area (Å²) >= 11 is 5.82. The second-order valence-corrected chi connectivity index (χ2v) is 7.37. The molecule has 0 aliphatic rings. The van der Waals surface area contributed by atoms with Crippen molar-refractivity contribution in [2.75, 3.05) is 25.5 Å². The molecule has 0 radical (unpaired) electrons. The van der Waals surface area contributed by atoms with Gasteiger partial charge in [0.25, 0.3) is 0 Å². The molecule has 0 saturated carbocycles. The maximum Gasteiger partial charge on any atom is 0.240 e. The number of benzene rings is 2. The van der Waals surface area contributed by atoms with Crippen LogP contribution in [0, 0.1) is 0 Å². The first-order valence-electron chi connectivity index (χ1n) is 6.90. The van der Waals surface area contributed by atoms with Gasteiger partial charge in [-0.1, -0.05) is 29.8 Å². The Morgan fingerprint density at radius 1 is 1.09 bits per heavy atom. The van der Waals surface area contributed by atoms with E-state index in [1.54, 1.807) is 12.1 Å². The number of anilines is 1. The number of sulfonamides is 1. The van der Waals surface area contributed by atoms with Gasteiger partial charge in [-0.2, -0.15) is 0 Å². The van der Waals surface area contributed by atoms with E-state index in [0.717, 1.165) is 11.3 Å². The molecular formula is C16H19ClN2O2S. The Kier molecular flexibility index (Phi) is 5.45. The smallest absolute Gasteiger partial charge is 0.240 e. The second kappa shape index (κ2) is 7.13. The van der Waals surface area contributed by atoms with Gasteiger partial charge in [0.15, 0.2) is 0 Å². The lowest BCUT2D eigenvalue weighted by molar-refractivity contribution is 0.581. The van der Waals surface area contributed by atoms with Crippen LogP contribution >= 0.6 is 11.6 Å². The fourth-order valence-corrected chi connectivity index (χ4v) is 3.34. The Balaban J connectivity index is 1.95. The highest BCUT2D eigenvalue weighted by atomic mass is 35.5. The molecule has 0 spiro atoms. The molecule has 118 valence electrons. The Labute approximate surface area is 136 Å². The summed E-state index contributed by atoms with van der Waals surface area (Å²) in [6.07, 6.45) is 0.632. The summed E-state index contributed by atoms with van der Waals surface area (Å²) in [5.74, 6) is 0. The van der Waals surface area contributed by atoms with Crippen LogP contribution in [0.1, 0.15) is 5.56 Å². The molecule has 0 bridgehead atoms. The normalized spacial score (nSPS) is 11.4. The van der Waals surface area contributed by atoms with E-state index in [1.807, 2.05) is 43.3 Å². The van der Waals surface area contributed by atoms with E-state index in [4.69, 9.17) is 11.6 Å². The molecule has 0 aromatic heterocycles. The van der Waals surface area contributed by atoms with Crippen molar-refractivity contribution in [2.45, 2.75) is 11.3 Å². The zero-order chi connectivity index (χ0) is 16.2. The predicted molar refractivity (Wildman–Crippen MR) is 91.1 cm³/mol.